The maximum absolute atomic E-state index is 12.4. The Hall–Kier alpha value is -2.51. The number of hydrogen-bond acceptors (Lipinski definition) is 5. The molecule has 5 nitrogen and oxygen atoms in total. The van der Waals surface area contributed by atoms with Crippen LogP contribution in [0.25, 0.3) is 11.3 Å². The van der Waals surface area contributed by atoms with E-state index in [4.69, 9.17) is 0 Å². The number of benzene rings is 2. The van der Waals surface area contributed by atoms with Crippen molar-refractivity contribution in [1.29, 1.82) is 0 Å². The number of amides is 1. The summed E-state index contributed by atoms with van der Waals surface area (Å²) < 4.78 is 24.0. The third-order valence-corrected chi connectivity index (χ3v) is 6.40. The van der Waals surface area contributed by atoms with Crippen molar-refractivity contribution in [3.63, 3.8) is 0 Å². The molecule has 7 heteroatoms. The van der Waals surface area contributed by atoms with E-state index >= 15 is 0 Å². The molecule has 3 aromatic rings. The number of sulfone groups is 1. The van der Waals surface area contributed by atoms with Crippen LogP contribution in [0.15, 0.2) is 58.8 Å². The van der Waals surface area contributed by atoms with Crippen LogP contribution in [0.5, 0.6) is 0 Å². The molecule has 0 spiro atoms. The van der Waals surface area contributed by atoms with E-state index in [2.05, 4.69) is 10.3 Å². The van der Waals surface area contributed by atoms with Gasteiger partial charge in [0.15, 0.2) is 15.0 Å². The Morgan fingerprint density at radius 1 is 1.15 bits per heavy atom. The molecule has 26 heavy (non-hydrogen) atoms. The summed E-state index contributed by atoms with van der Waals surface area (Å²) in [6.07, 6.45) is 0. The highest BCUT2D eigenvalue weighted by molar-refractivity contribution is 7.91. The summed E-state index contributed by atoms with van der Waals surface area (Å²) in [6.45, 7) is 3.59. The van der Waals surface area contributed by atoms with Crippen molar-refractivity contribution in [3.8, 4) is 11.3 Å². The first-order valence-electron chi connectivity index (χ1n) is 8.06. The second-order valence-corrected chi connectivity index (χ2v) is 8.93. The van der Waals surface area contributed by atoms with Crippen molar-refractivity contribution < 1.29 is 13.2 Å². The first kappa shape index (κ1) is 18.3. The van der Waals surface area contributed by atoms with Crippen LogP contribution in [0.2, 0.25) is 0 Å². The average Bonchev–Trinajstić information content (AvgIpc) is 3.11. The second-order valence-electron chi connectivity index (χ2n) is 5.79. The highest BCUT2D eigenvalue weighted by Crippen LogP contribution is 2.25. The van der Waals surface area contributed by atoms with Gasteiger partial charge in [0, 0.05) is 16.5 Å². The number of nitrogens with zero attached hydrogens (tertiary/aromatic N) is 1. The molecule has 1 aromatic heterocycles. The van der Waals surface area contributed by atoms with Crippen LogP contribution in [0, 0.1) is 6.92 Å². The number of hydrogen-bond donors (Lipinski definition) is 1. The molecular weight excluding hydrogens is 368 g/mol. The number of carbonyl (C=O) groups excluding carboxylic acids is 1. The summed E-state index contributed by atoms with van der Waals surface area (Å²) in [5.74, 6) is -0.396. The van der Waals surface area contributed by atoms with Gasteiger partial charge < -0.3 is 0 Å². The molecule has 0 aliphatic heterocycles. The fourth-order valence-electron chi connectivity index (χ4n) is 2.35. The van der Waals surface area contributed by atoms with Gasteiger partial charge in [-0.15, -0.1) is 11.3 Å². The minimum atomic E-state index is -3.36. The highest BCUT2D eigenvalue weighted by atomic mass is 32.2. The van der Waals surface area contributed by atoms with Gasteiger partial charge in [0.25, 0.3) is 5.91 Å². The number of thiazole rings is 1. The largest absolute Gasteiger partial charge is 0.298 e. The molecule has 2 aromatic carbocycles. The third-order valence-electron chi connectivity index (χ3n) is 3.91. The first-order chi connectivity index (χ1) is 12.4. The van der Waals surface area contributed by atoms with Gasteiger partial charge in [-0.3, -0.25) is 10.1 Å². The van der Waals surface area contributed by atoms with Gasteiger partial charge >= 0.3 is 0 Å². The van der Waals surface area contributed by atoms with E-state index in [1.54, 1.807) is 19.1 Å². The summed E-state index contributed by atoms with van der Waals surface area (Å²) in [7, 11) is -3.36. The monoisotopic (exact) mass is 386 g/mol. The van der Waals surface area contributed by atoms with Gasteiger partial charge in [0.2, 0.25) is 0 Å². The molecule has 0 saturated heterocycles. The molecule has 1 amide bonds. The minimum absolute atomic E-state index is 0.00946. The standard InChI is InChI=1S/C19H18N2O3S2/c1-3-26(23,24)16-6-4-5-15(11-16)18(22)21-19-20-17(12-25-19)14-9-7-13(2)8-10-14/h4-12H,3H2,1-2H3,(H,20,21,22). The maximum Gasteiger partial charge on any atom is 0.257 e. The predicted octanol–water partition coefficient (Wildman–Crippen LogP) is 4.16. The minimum Gasteiger partial charge on any atom is -0.298 e. The van der Waals surface area contributed by atoms with Crippen LogP contribution in [0.4, 0.5) is 5.13 Å². The number of aromatic nitrogens is 1. The average molecular weight is 386 g/mol. The molecule has 0 radical (unpaired) electrons. The zero-order chi connectivity index (χ0) is 18.7. The summed E-state index contributed by atoms with van der Waals surface area (Å²) in [5, 5.41) is 5.07. The Kier molecular flexibility index (Phi) is 5.20. The molecule has 0 fully saturated rings. The van der Waals surface area contributed by atoms with Crippen LogP contribution in [-0.4, -0.2) is 25.1 Å². The van der Waals surface area contributed by atoms with Gasteiger partial charge in [0.05, 0.1) is 16.3 Å². The summed E-state index contributed by atoms with van der Waals surface area (Å²) in [6, 6.07) is 14.0. The maximum atomic E-state index is 12.4. The molecule has 0 aliphatic rings. The Bertz CT molecular complexity index is 1040. The zero-order valence-electron chi connectivity index (χ0n) is 14.4. The molecule has 0 saturated carbocycles. The van der Waals surface area contributed by atoms with Crippen molar-refractivity contribution in [2.24, 2.45) is 0 Å². The van der Waals surface area contributed by atoms with Crippen molar-refractivity contribution in [2.45, 2.75) is 18.7 Å². The van der Waals surface area contributed by atoms with E-state index in [9.17, 15) is 13.2 Å². The number of aryl methyl sites for hydroxylation is 1. The molecule has 3 rings (SSSR count). The lowest BCUT2D eigenvalue weighted by Crippen LogP contribution is -2.13. The van der Waals surface area contributed by atoms with Crippen molar-refractivity contribution >= 4 is 32.2 Å². The molecule has 0 aliphatic carbocycles. The van der Waals surface area contributed by atoms with Gasteiger partial charge in [0.1, 0.15) is 0 Å². The van der Waals surface area contributed by atoms with E-state index in [0.29, 0.717) is 5.13 Å². The molecule has 1 N–H and O–H groups in total. The smallest absolute Gasteiger partial charge is 0.257 e. The quantitative estimate of drug-likeness (QED) is 0.714. The Morgan fingerprint density at radius 2 is 1.88 bits per heavy atom. The van der Waals surface area contributed by atoms with Crippen LogP contribution in [0.3, 0.4) is 0 Å². The number of rotatable bonds is 5. The van der Waals surface area contributed by atoms with E-state index in [-0.39, 0.29) is 22.1 Å². The van der Waals surface area contributed by atoms with Gasteiger partial charge in [-0.2, -0.15) is 0 Å². The Labute approximate surface area is 156 Å². The molecule has 0 atom stereocenters. The van der Waals surface area contributed by atoms with E-state index in [1.165, 1.54) is 29.0 Å². The van der Waals surface area contributed by atoms with Crippen molar-refractivity contribution in [2.75, 3.05) is 11.1 Å². The topological polar surface area (TPSA) is 76.1 Å². The van der Waals surface area contributed by atoms with Gasteiger partial charge in [-0.05, 0) is 25.1 Å². The van der Waals surface area contributed by atoms with Crippen LogP contribution >= 0.6 is 11.3 Å². The third kappa shape index (κ3) is 4.00. The molecule has 0 unspecified atom stereocenters. The zero-order valence-corrected chi connectivity index (χ0v) is 16.0. The lowest BCUT2D eigenvalue weighted by molar-refractivity contribution is 0.102. The Morgan fingerprint density at radius 3 is 2.58 bits per heavy atom. The lowest BCUT2D eigenvalue weighted by atomic mass is 10.1. The van der Waals surface area contributed by atoms with Gasteiger partial charge in [-0.25, -0.2) is 13.4 Å². The van der Waals surface area contributed by atoms with E-state index < -0.39 is 9.84 Å². The van der Waals surface area contributed by atoms with Crippen LogP contribution in [0.1, 0.15) is 22.8 Å². The fourth-order valence-corrected chi connectivity index (χ4v) is 4.00. The second kappa shape index (κ2) is 7.39. The SMILES string of the molecule is CCS(=O)(=O)c1cccc(C(=O)Nc2nc(-c3ccc(C)cc3)cs2)c1. The normalized spacial score (nSPS) is 11.3. The summed E-state index contributed by atoms with van der Waals surface area (Å²) >= 11 is 1.32. The highest BCUT2D eigenvalue weighted by Gasteiger charge is 2.15. The molecule has 0 bridgehead atoms. The number of nitrogens with one attached hydrogen (secondary N) is 1. The molecule has 1 heterocycles. The van der Waals surface area contributed by atoms with Crippen LogP contribution < -0.4 is 5.32 Å². The lowest BCUT2D eigenvalue weighted by Gasteiger charge is -2.05. The summed E-state index contributed by atoms with van der Waals surface area (Å²) in [5.41, 5.74) is 3.21. The Balaban J connectivity index is 1.79. The van der Waals surface area contributed by atoms with Crippen molar-refractivity contribution in [3.05, 3.63) is 65.0 Å². The summed E-state index contributed by atoms with van der Waals surface area (Å²) in [4.78, 5) is 17.0. The van der Waals surface area contributed by atoms with E-state index in [1.807, 2.05) is 36.6 Å². The van der Waals surface area contributed by atoms with Crippen LogP contribution in [-0.2, 0) is 9.84 Å². The molecule has 134 valence electrons. The van der Waals surface area contributed by atoms with Crippen molar-refractivity contribution in [1.82, 2.24) is 4.98 Å². The number of anilines is 1. The predicted molar refractivity (Wildman–Crippen MR) is 104 cm³/mol. The van der Waals surface area contributed by atoms with Gasteiger partial charge in [-0.1, -0.05) is 42.8 Å². The fraction of sp³-hybridized carbons (Fsp3) is 0.158. The van der Waals surface area contributed by atoms with E-state index in [0.717, 1.165) is 11.3 Å². The number of carbonyl (C=O) groups is 1. The molecular formula is C19H18N2O3S2. The first-order valence-corrected chi connectivity index (χ1v) is 10.6.